The van der Waals surface area contributed by atoms with Gasteiger partial charge in [0.2, 0.25) is 15.9 Å². The van der Waals surface area contributed by atoms with Crippen molar-refractivity contribution in [1.82, 2.24) is 9.21 Å². The highest BCUT2D eigenvalue weighted by Crippen LogP contribution is 2.22. The predicted molar refractivity (Wildman–Crippen MR) is 117 cm³/mol. The number of carbonyl (C=O) groups is 1. The SMILES string of the molecule is CC(C(=O)Nc1ccc(S(=O)(=O)N2CCCC2)cc1)N(C)CCOc1ccccc1F. The number of sulfonamides is 1. The topological polar surface area (TPSA) is 79.0 Å². The van der Waals surface area contributed by atoms with E-state index in [1.54, 1.807) is 49.2 Å². The van der Waals surface area contributed by atoms with Gasteiger partial charge in [-0.2, -0.15) is 4.31 Å². The van der Waals surface area contributed by atoms with Crippen molar-refractivity contribution in [2.75, 3.05) is 38.6 Å². The fourth-order valence-corrected chi connectivity index (χ4v) is 4.81. The number of hydrogen-bond acceptors (Lipinski definition) is 5. The Balaban J connectivity index is 1.51. The second-order valence-corrected chi connectivity index (χ2v) is 9.50. The van der Waals surface area contributed by atoms with E-state index < -0.39 is 21.9 Å². The minimum absolute atomic E-state index is 0.178. The van der Waals surface area contributed by atoms with Gasteiger partial charge in [0.15, 0.2) is 11.6 Å². The van der Waals surface area contributed by atoms with Crippen molar-refractivity contribution in [2.45, 2.75) is 30.7 Å². The van der Waals surface area contributed by atoms with Gasteiger partial charge in [-0.3, -0.25) is 9.69 Å². The maximum Gasteiger partial charge on any atom is 0.243 e. The first kappa shape index (κ1) is 23.2. The summed E-state index contributed by atoms with van der Waals surface area (Å²) in [5.74, 6) is -0.480. The lowest BCUT2D eigenvalue weighted by Gasteiger charge is -2.24. The highest BCUT2D eigenvalue weighted by molar-refractivity contribution is 7.89. The molecule has 1 aliphatic heterocycles. The van der Waals surface area contributed by atoms with E-state index in [1.165, 1.54) is 22.5 Å². The molecule has 7 nitrogen and oxygen atoms in total. The molecule has 0 bridgehead atoms. The zero-order chi connectivity index (χ0) is 22.4. The minimum atomic E-state index is -3.48. The van der Waals surface area contributed by atoms with Crippen LogP contribution in [-0.4, -0.2) is 62.9 Å². The summed E-state index contributed by atoms with van der Waals surface area (Å²) < 4.78 is 45.7. The Labute approximate surface area is 182 Å². The van der Waals surface area contributed by atoms with Crippen molar-refractivity contribution in [3.05, 3.63) is 54.3 Å². The number of ether oxygens (including phenoxy) is 1. The van der Waals surface area contributed by atoms with E-state index in [1.807, 2.05) is 0 Å². The molecule has 1 fully saturated rings. The Kier molecular flexibility index (Phi) is 7.64. The molecule has 0 aromatic heterocycles. The first-order chi connectivity index (χ1) is 14.8. The molecule has 1 saturated heterocycles. The molecule has 1 unspecified atom stereocenters. The van der Waals surface area contributed by atoms with Gasteiger partial charge in [0.25, 0.3) is 0 Å². The molecule has 1 N–H and O–H groups in total. The first-order valence-corrected chi connectivity index (χ1v) is 11.7. The first-order valence-electron chi connectivity index (χ1n) is 10.3. The van der Waals surface area contributed by atoms with Crippen molar-refractivity contribution in [3.8, 4) is 5.75 Å². The summed E-state index contributed by atoms with van der Waals surface area (Å²) in [5.41, 5.74) is 0.522. The lowest BCUT2D eigenvalue weighted by Crippen LogP contribution is -2.41. The maximum atomic E-state index is 13.6. The molecule has 0 aliphatic carbocycles. The summed E-state index contributed by atoms with van der Waals surface area (Å²) in [5, 5.41) is 2.80. The third-order valence-corrected chi connectivity index (χ3v) is 7.32. The van der Waals surface area contributed by atoms with Crippen LogP contribution in [0.2, 0.25) is 0 Å². The second-order valence-electron chi connectivity index (χ2n) is 7.56. The molecule has 1 amide bonds. The van der Waals surface area contributed by atoms with E-state index in [0.717, 1.165) is 12.8 Å². The average molecular weight is 450 g/mol. The van der Waals surface area contributed by atoms with Crippen molar-refractivity contribution < 1.29 is 22.3 Å². The lowest BCUT2D eigenvalue weighted by molar-refractivity contribution is -0.120. The Morgan fingerprint density at radius 2 is 1.81 bits per heavy atom. The molecule has 31 heavy (non-hydrogen) atoms. The zero-order valence-corrected chi connectivity index (χ0v) is 18.6. The minimum Gasteiger partial charge on any atom is -0.489 e. The summed E-state index contributed by atoms with van der Waals surface area (Å²) in [6.45, 7) is 3.51. The number of halogens is 1. The zero-order valence-electron chi connectivity index (χ0n) is 17.8. The number of benzene rings is 2. The number of amides is 1. The van der Waals surface area contributed by atoms with Gasteiger partial charge in [-0.25, -0.2) is 12.8 Å². The van der Waals surface area contributed by atoms with Crippen molar-refractivity contribution in [1.29, 1.82) is 0 Å². The predicted octanol–water partition coefficient (Wildman–Crippen LogP) is 2.95. The molecule has 9 heteroatoms. The summed E-state index contributed by atoms with van der Waals surface area (Å²) in [6.07, 6.45) is 1.76. The van der Waals surface area contributed by atoms with Gasteiger partial charge in [-0.1, -0.05) is 12.1 Å². The highest BCUT2D eigenvalue weighted by atomic mass is 32.2. The monoisotopic (exact) mass is 449 g/mol. The number of hydrogen-bond donors (Lipinski definition) is 1. The van der Waals surface area contributed by atoms with Crippen molar-refractivity contribution in [2.24, 2.45) is 0 Å². The summed E-state index contributed by atoms with van der Waals surface area (Å²) in [6, 6.07) is 11.9. The van der Waals surface area contributed by atoms with Gasteiger partial charge in [-0.15, -0.1) is 0 Å². The van der Waals surface area contributed by atoms with E-state index in [0.29, 0.717) is 25.3 Å². The van der Waals surface area contributed by atoms with Crippen LogP contribution in [0.5, 0.6) is 5.75 Å². The molecule has 2 aromatic rings. The van der Waals surface area contributed by atoms with Crippen LogP contribution in [0.15, 0.2) is 53.4 Å². The van der Waals surface area contributed by atoms with Gasteiger partial charge in [0.05, 0.1) is 10.9 Å². The quantitative estimate of drug-likeness (QED) is 0.637. The molecule has 0 saturated carbocycles. The van der Waals surface area contributed by atoms with Gasteiger partial charge in [-0.05, 0) is 63.2 Å². The fraction of sp³-hybridized carbons (Fsp3) is 0.409. The largest absolute Gasteiger partial charge is 0.489 e. The van der Waals surface area contributed by atoms with Crippen LogP contribution in [0.25, 0.3) is 0 Å². The third-order valence-electron chi connectivity index (χ3n) is 5.40. The summed E-state index contributed by atoms with van der Waals surface area (Å²) in [7, 11) is -1.70. The number of anilines is 1. The van der Waals surface area contributed by atoms with Crippen LogP contribution in [0.3, 0.4) is 0 Å². The molecule has 1 heterocycles. The smallest absolute Gasteiger partial charge is 0.243 e. The number of nitrogens with zero attached hydrogens (tertiary/aromatic N) is 2. The van der Waals surface area contributed by atoms with E-state index >= 15 is 0 Å². The second kappa shape index (κ2) is 10.2. The Hall–Kier alpha value is -2.49. The van der Waals surface area contributed by atoms with Crippen LogP contribution >= 0.6 is 0 Å². The van der Waals surface area contributed by atoms with Crippen LogP contribution in [0, 0.1) is 5.82 Å². The molecule has 2 aromatic carbocycles. The van der Waals surface area contributed by atoms with Crippen LogP contribution in [0.1, 0.15) is 19.8 Å². The van der Waals surface area contributed by atoms with Gasteiger partial charge in [0.1, 0.15) is 6.61 Å². The molecule has 1 aliphatic rings. The lowest BCUT2D eigenvalue weighted by atomic mass is 10.2. The van der Waals surface area contributed by atoms with E-state index in [9.17, 15) is 17.6 Å². The molecule has 168 valence electrons. The van der Waals surface area contributed by atoms with Crippen LogP contribution < -0.4 is 10.1 Å². The molecule has 0 spiro atoms. The Morgan fingerprint density at radius 3 is 2.45 bits per heavy atom. The molecule has 3 rings (SSSR count). The van der Waals surface area contributed by atoms with Crippen molar-refractivity contribution in [3.63, 3.8) is 0 Å². The van der Waals surface area contributed by atoms with Crippen molar-refractivity contribution >= 4 is 21.6 Å². The van der Waals surface area contributed by atoms with E-state index in [-0.39, 0.29) is 23.2 Å². The fourth-order valence-electron chi connectivity index (χ4n) is 3.29. The third kappa shape index (κ3) is 5.81. The summed E-state index contributed by atoms with van der Waals surface area (Å²) >= 11 is 0. The molecular formula is C22H28FN3O4S. The maximum absolute atomic E-state index is 13.6. The number of rotatable bonds is 9. The normalized spacial score (nSPS) is 15.7. The van der Waals surface area contributed by atoms with Gasteiger partial charge in [0, 0.05) is 25.3 Å². The number of para-hydroxylation sites is 1. The number of carbonyl (C=O) groups excluding carboxylic acids is 1. The highest BCUT2D eigenvalue weighted by Gasteiger charge is 2.27. The molecular weight excluding hydrogens is 421 g/mol. The van der Waals surface area contributed by atoms with Crippen LogP contribution in [-0.2, 0) is 14.8 Å². The Bertz CT molecular complexity index is 992. The average Bonchev–Trinajstić information content (AvgIpc) is 3.31. The van der Waals surface area contributed by atoms with Gasteiger partial charge >= 0.3 is 0 Å². The van der Waals surface area contributed by atoms with E-state index in [2.05, 4.69) is 5.32 Å². The van der Waals surface area contributed by atoms with Gasteiger partial charge < -0.3 is 10.1 Å². The number of likely N-dealkylation sites (N-methyl/N-ethyl adjacent to an activating group) is 1. The molecule has 1 atom stereocenters. The van der Waals surface area contributed by atoms with E-state index in [4.69, 9.17) is 4.74 Å². The number of nitrogens with one attached hydrogen (secondary N) is 1. The van der Waals surface area contributed by atoms with Crippen LogP contribution in [0.4, 0.5) is 10.1 Å². The molecule has 0 radical (unpaired) electrons. The Morgan fingerprint density at radius 1 is 1.16 bits per heavy atom. The standard InChI is InChI=1S/C22H28FN3O4S/c1-17(25(2)15-16-30-21-8-4-3-7-20(21)23)22(27)24-18-9-11-19(12-10-18)31(28,29)26-13-5-6-14-26/h3-4,7-12,17H,5-6,13-16H2,1-2H3,(H,24,27). The summed E-state index contributed by atoms with van der Waals surface area (Å²) in [4.78, 5) is 14.6.